The first-order valence-electron chi connectivity index (χ1n) is 9.74. The molecule has 0 bridgehead atoms. The maximum atomic E-state index is 4.98. The number of aromatic nitrogens is 2. The highest BCUT2D eigenvalue weighted by Crippen LogP contribution is 2.27. The normalized spacial score (nSPS) is 16.5. The van der Waals surface area contributed by atoms with Crippen molar-refractivity contribution in [1.82, 2.24) is 14.7 Å². The van der Waals surface area contributed by atoms with E-state index in [9.17, 15) is 0 Å². The molecule has 1 saturated heterocycles. The molecule has 134 valence electrons. The summed E-state index contributed by atoms with van der Waals surface area (Å²) < 4.78 is 2.21. The smallest absolute Gasteiger partial charge is 0.0929 e. The van der Waals surface area contributed by atoms with Crippen molar-refractivity contribution in [3.63, 3.8) is 0 Å². The summed E-state index contributed by atoms with van der Waals surface area (Å²) in [4.78, 5) is 2.61. The molecule has 3 aromatic rings. The van der Waals surface area contributed by atoms with Gasteiger partial charge in [-0.2, -0.15) is 5.10 Å². The first kappa shape index (κ1) is 17.0. The summed E-state index contributed by atoms with van der Waals surface area (Å²) in [5, 5.41) is 4.98. The topological polar surface area (TPSA) is 21.1 Å². The quantitative estimate of drug-likeness (QED) is 0.642. The highest BCUT2D eigenvalue weighted by molar-refractivity contribution is 5.68. The van der Waals surface area contributed by atoms with Crippen LogP contribution in [0.15, 0.2) is 66.7 Å². The van der Waals surface area contributed by atoms with E-state index in [1.165, 1.54) is 49.2 Å². The molecule has 0 saturated carbocycles. The number of hydrogen-bond acceptors (Lipinski definition) is 2. The van der Waals surface area contributed by atoms with E-state index in [4.69, 9.17) is 5.10 Å². The second kappa shape index (κ2) is 7.88. The lowest BCUT2D eigenvalue weighted by Crippen LogP contribution is -2.40. The number of likely N-dealkylation sites (tertiary alicyclic amines) is 1. The van der Waals surface area contributed by atoms with Crippen LogP contribution in [0.1, 0.15) is 26.2 Å². The van der Waals surface area contributed by atoms with E-state index in [1.54, 1.807) is 0 Å². The third-order valence-electron chi connectivity index (χ3n) is 5.37. The second-order valence-electron chi connectivity index (χ2n) is 7.27. The molecule has 1 aromatic heterocycles. The van der Waals surface area contributed by atoms with E-state index in [0.29, 0.717) is 6.04 Å². The highest BCUT2D eigenvalue weighted by atomic mass is 15.3. The Kier molecular flexibility index (Phi) is 5.16. The average molecular weight is 345 g/mol. The molecule has 3 nitrogen and oxygen atoms in total. The van der Waals surface area contributed by atoms with Crippen molar-refractivity contribution in [3.8, 4) is 22.5 Å². The fourth-order valence-corrected chi connectivity index (χ4v) is 3.87. The van der Waals surface area contributed by atoms with Gasteiger partial charge in [-0.3, -0.25) is 9.58 Å². The summed E-state index contributed by atoms with van der Waals surface area (Å²) in [7, 11) is 0. The van der Waals surface area contributed by atoms with Gasteiger partial charge in [0, 0.05) is 11.6 Å². The van der Waals surface area contributed by atoms with Crippen LogP contribution in [0, 0.1) is 0 Å². The molecule has 0 N–H and O–H groups in total. The summed E-state index contributed by atoms with van der Waals surface area (Å²) in [6.07, 6.45) is 4.02. The molecule has 2 aromatic carbocycles. The highest BCUT2D eigenvalue weighted by Gasteiger charge is 2.19. The van der Waals surface area contributed by atoms with Crippen LogP contribution in [-0.2, 0) is 6.54 Å². The van der Waals surface area contributed by atoms with E-state index in [-0.39, 0.29) is 0 Å². The molecule has 0 aliphatic carbocycles. The minimum absolute atomic E-state index is 0.501. The van der Waals surface area contributed by atoms with Crippen LogP contribution >= 0.6 is 0 Å². The van der Waals surface area contributed by atoms with Gasteiger partial charge in [0.05, 0.1) is 17.9 Å². The zero-order valence-electron chi connectivity index (χ0n) is 15.5. The second-order valence-corrected chi connectivity index (χ2v) is 7.27. The van der Waals surface area contributed by atoms with Crippen molar-refractivity contribution in [3.05, 3.63) is 66.7 Å². The molecular formula is C23H27N3. The van der Waals surface area contributed by atoms with Gasteiger partial charge in [0.15, 0.2) is 0 Å². The molecule has 1 unspecified atom stereocenters. The first-order valence-corrected chi connectivity index (χ1v) is 9.74. The molecule has 1 fully saturated rings. The summed E-state index contributed by atoms with van der Waals surface area (Å²) in [6, 6.07) is 23.8. The van der Waals surface area contributed by atoms with E-state index in [1.807, 2.05) is 0 Å². The first-order chi connectivity index (χ1) is 12.8. The molecule has 4 rings (SSSR count). The van der Waals surface area contributed by atoms with Gasteiger partial charge >= 0.3 is 0 Å². The van der Waals surface area contributed by atoms with Crippen LogP contribution in [0.2, 0.25) is 0 Å². The molecule has 1 aliphatic rings. The summed E-state index contributed by atoms with van der Waals surface area (Å²) >= 11 is 0. The standard InChI is InChI=1S/C23H27N3/c1-19(25-15-9-4-10-16-25)18-26-23(21-13-7-3-8-14-21)17-22(24-26)20-11-5-2-6-12-20/h2-3,5-8,11-14,17,19H,4,9-10,15-16,18H2,1H3. The summed E-state index contributed by atoms with van der Waals surface area (Å²) in [6.45, 7) is 5.70. The lowest BCUT2D eigenvalue weighted by Gasteiger charge is -2.32. The third kappa shape index (κ3) is 3.73. The van der Waals surface area contributed by atoms with Crippen LogP contribution in [-0.4, -0.2) is 33.8 Å². The number of piperidine rings is 1. The van der Waals surface area contributed by atoms with Crippen molar-refractivity contribution in [2.45, 2.75) is 38.8 Å². The Bertz CT molecular complexity index is 817. The van der Waals surface area contributed by atoms with Crippen molar-refractivity contribution in [1.29, 1.82) is 0 Å². The number of benzene rings is 2. The van der Waals surface area contributed by atoms with E-state index >= 15 is 0 Å². The third-order valence-corrected chi connectivity index (χ3v) is 5.37. The van der Waals surface area contributed by atoms with Crippen molar-refractivity contribution in [2.24, 2.45) is 0 Å². The van der Waals surface area contributed by atoms with Gasteiger partial charge in [-0.15, -0.1) is 0 Å². The predicted molar refractivity (Wildman–Crippen MR) is 108 cm³/mol. The lowest BCUT2D eigenvalue weighted by atomic mass is 10.1. The molecule has 0 radical (unpaired) electrons. The van der Waals surface area contributed by atoms with Gasteiger partial charge in [0.25, 0.3) is 0 Å². The van der Waals surface area contributed by atoms with E-state index in [0.717, 1.165) is 12.2 Å². The monoisotopic (exact) mass is 345 g/mol. The van der Waals surface area contributed by atoms with Crippen LogP contribution in [0.3, 0.4) is 0 Å². The van der Waals surface area contributed by atoms with Gasteiger partial charge in [-0.25, -0.2) is 0 Å². The molecule has 26 heavy (non-hydrogen) atoms. The fraction of sp³-hybridized carbons (Fsp3) is 0.348. The Balaban J connectivity index is 1.66. The molecule has 0 spiro atoms. The maximum Gasteiger partial charge on any atom is 0.0929 e. The number of hydrogen-bond donors (Lipinski definition) is 0. The maximum absolute atomic E-state index is 4.98. The van der Waals surface area contributed by atoms with Crippen LogP contribution < -0.4 is 0 Å². The Morgan fingerprint density at radius 1 is 0.846 bits per heavy atom. The Morgan fingerprint density at radius 2 is 1.46 bits per heavy atom. The molecular weight excluding hydrogens is 318 g/mol. The minimum atomic E-state index is 0.501. The van der Waals surface area contributed by atoms with Crippen molar-refractivity contribution < 1.29 is 0 Å². The van der Waals surface area contributed by atoms with Crippen LogP contribution in [0.25, 0.3) is 22.5 Å². The zero-order valence-corrected chi connectivity index (χ0v) is 15.5. The molecule has 2 heterocycles. The van der Waals surface area contributed by atoms with Crippen LogP contribution in [0.4, 0.5) is 0 Å². The molecule has 0 amide bonds. The van der Waals surface area contributed by atoms with Crippen LogP contribution in [0.5, 0.6) is 0 Å². The summed E-state index contributed by atoms with van der Waals surface area (Å²) in [5.74, 6) is 0. The largest absolute Gasteiger partial charge is 0.299 e. The lowest BCUT2D eigenvalue weighted by molar-refractivity contribution is 0.157. The Labute approximate surface area is 156 Å². The number of rotatable bonds is 5. The molecule has 3 heteroatoms. The average Bonchev–Trinajstić information content (AvgIpc) is 3.14. The summed E-state index contributed by atoms with van der Waals surface area (Å²) in [5.41, 5.74) is 4.66. The van der Waals surface area contributed by atoms with Gasteiger partial charge in [-0.05, 0) is 44.5 Å². The molecule has 1 atom stereocenters. The SMILES string of the molecule is CC(Cn1nc(-c2ccccc2)cc1-c1ccccc1)N1CCCCC1. The Morgan fingerprint density at radius 3 is 2.12 bits per heavy atom. The zero-order chi connectivity index (χ0) is 17.8. The van der Waals surface area contributed by atoms with Gasteiger partial charge in [0.1, 0.15) is 0 Å². The van der Waals surface area contributed by atoms with Gasteiger partial charge < -0.3 is 0 Å². The van der Waals surface area contributed by atoms with E-state index < -0.39 is 0 Å². The Hall–Kier alpha value is -2.39. The van der Waals surface area contributed by atoms with Gasteiger partial charge in [-0.1, -0.05) is 67.1 Å². The minimum Gasteiger partial charge on any atom is -0.299 e. The number of nitrogens with zero attached hydrogens (tertiary/aromatic N) is 3. The van der Waals surface area contributed by atoms with E-state index in [2.05, 4.69) is 83.2 Å². The predicted octanol–water partition coefficient (Wildman–Crippen LogP) is 5.09. The van der Waals surface area contributed by atoms with Crippen molar-refractivity contribution in [2.75, 3.05) is 13.1 Å². The van der Waals surface area contributed by atoms with Crippen molar-refractivity contribution >= 4 is 0 Å². The molecule has 1 aliphatic heterocycles. The van der Waals surface area contributed by atoms with Gasteiger partial charge in [0.2, 0.25) is 0 Å². The fourth-order valence-electron chi connectivity index (χ4n) is 3.87.